The molecule has 0 fully saturated rings. The molecule has 0 radical (unpaired) electrons. The number of H-pyrrole nitrogens is 1. The first-order valence-electron chi connectivity index (χ1n) is 6.60. The lowest BCUT2D eigenvalue weighted by Gasteiger charge is -2.11. The van der Waals surface area contributed by atoms with Crippen LogP contribution >= 0.6 is 0 Å². The number of methoxy groups -OCH3 is 1. The Bertz CT molecular complexity index is 552. The van der Waals surface area contributed by atoms with Crippen molar-refractivity contribution in [2.24, 2.45) is 0 Å². The summed E-state index contributed by atoms with van der Waals surface area (Å²) in [4.78, 5) is 19.0. The molecule has 0 spiro atoms. The SMILES string of the molecule is COc1cccc(CCC(=O)NC(C)c2ncc[nH]2)c1. The third-order valence-corrected chi connectivity index (χ3v) is 3.08. The second kappa shape index (κ2) is 6.75. The molecule has 1 heterocycles. The van der Waals surface area contributed by atoms with Crippen LogP contribution in [0.3, 0.4) is 0 Å². The van der Waals surface area contributed by atoms with Gasteiger partial charge in [0.05, 0.1) is 13.2 Å². The van der Waals surface area contributed by atoms with Crippen LogP contribution in [0, 0.1) is 0 Å². The molecule has 2 aromatic rings. The minimum Gasteiger partial charge on any atom is -0.497 e. The minimum absolute atomic E-state index is 0.0109. The van der Waals surface area contributed by atoms with Crippen LogP contribution in [-0.2, 0) is 11.2 Å². The highest BCUT2D eigenvalue weighted by Crippen LogP contribution is 2.14. The molecule has 1 aromatic heterocycles. The molecule has 5 heteroatoms. The molecule has 2 N–H and O–H groups in total. The van der Waals surface area contributed by atoms with Gasteiger partial charge in [-0.05, 0) is 31.0 Å². The standard InChI is InChI=1S/C15H19N3O2/c1-11(15-16-8-9-17-15)18-14(19)7-6-12-4-3-5-13(10-12)20-2/h3-5,8-11H,6-7H2,1-2H3,(H,16,17)(H,18,19). The number of nitrogens with zero attached hydrogens (tertiary/aromatic N) is 1. The van der Waals surface area contributed by atoms with Crippen LogP contribution in [-0.4, -0.2) is 23.0 Å². The summed E-state index contributed by atoms with van der Waals surface area (Å²) in [5.74, 6) is 1.59. The summed E-state index contributed by atoms with van der Waals surface area (Å²) in [6.07, 6.45) is 4.55. The quantitative estimate of drug-likeness (QED) is 0.848. The van der Waals surface area contributed by atoms with Crippen molar-refractivity contribution in [2.45, 2.75) is 25.8 Å². The number of hydrogen-bond acceptors (Lipinski definition) is 3. The van der Waals surface area contributed by atoms with E-state index in [0.29, 0.717) is 12.8 Å². The largest absolute Gasteiger partial charge is 0.497 e. The van der Waals surface area contributed by atoms with Crippen molar-refractivity contribution in [3.63, 3.8) is 0 Å². The Kier molecular flexibility index (Phi) is 4.76. The first-order valence-corrected chi connectivity index (χ1v) is 6.60. The Morgan fingerprint density at radius 2 is 2.35 bits per heavy atom. The predicted molar refractivity (Wildman–Crippen MR) is 76.5 cm³/mol. The second-order valence-corrected chi connectivity index (χ2v) is 4.62. The molecule has 0 saturated carbocycles. The zero-order chi connectivity index (χ0) is 14.4. The van der Waals surface area contributed by atoms with Crippen LogP contribution in [0.5, 0.6) is 5.75 Å². The van der Waals surface area contributed by atoms with Crippen LogP contribution in [0.15, 0.2) is 36.7 Å². The van der Waals surface area contributed by atoms with Gasteiger partial charge in [0, 0.05) is 18.8 Å². The molecule has 1 atom stereocenters. The Hall–Kier alpha value is -2.30. The number of aryl methyl sites for hydroxylation is 1. The molecule has 106 valence electrons. The lowest BCUT2D eigenvalue weighted by atomic mass is 10.1. The molecule has 0 bridgehead atoms. The highest BCUT2D eigenvalue weighted by molar-refractivity contribution is 5.76. The molecular formula is C15H19N3O2. The van der Waals surface area contributed by atoms with Gasteiger partial charge in [-0.3, -0.25) is 4.79 Å². The molecule has 2 rings (SSSR count). The third-order valence-electron chi connectivity index (χ3n) is 3.08. The van der Waals surface area contributed by atoms with Crippen LogP contribution in [0.2, 0.25) is 0 Å². The zero-order valence-electron chi connectivity index (χ0n) is 11.7. The molecule has 0 aliphatic carbocycles. The summed E-state index contributed by atoms with van der Waals surface area (Å²) in [6, 6.07) is 7.65. The number of aromatic nitrogens is 2. The van der Waals surface area contributed by atoms with Crippen LogP contribution in [0.25, 0.3) is 0 Å². The summed E-state index contributed by atoms with van der Waals surface area (Å²) in [6.45, 7) is 1.91. The van der Waals surface area contributed by atoms with Gasteiger partial charge < -0.3 is 15.0 Å². The number of carbonyl (C=O) groups is 1. The number of aromatic amines is 1. The van der Waals surface area contributed by atoms with E-state index in [4.69, 9.17) is 4.74 Å². The maximum Gasteiger partial charge on any atom is 0.220 e. The van der Waals surface area contributed by atoms with E-state index in [1.165, 1.54) is 0 Å². The molecule has 0 aliphatic rings. The fourth-order valence-electron chi connectivity index (χ4n) is 1.98. The van der Waals surface area contributed by atoms with E-state index < -0.39 is 0 Å². The van der Waals surface area contributed by atoms with Gasteiger partial charge in [-0.1, -0.05) is 12.1 Å². The normalized spacial score (nSPS) is 11.9. The lowest BCUT2D eigenvalue weighted by Crippen LogP contribution is -2.27. The van der Waals surface area contributed by atoms with Crippen molar-refractivity contribution in [1.29, 1.82) is 0 Å². The van der Waals surface area contributed by atoms with Gasteiger partial charge in [-0.2, -0.15) is 0 Å². The van der Waals surface area contributed by atoms with Crippen LogP contribution in [0.1, 0.15) is 30.8 Å². The topological polar surface area (TPSA) is 67.0 Å². The number of amides is 1. The predicted octanol–water partition coefficient (Wildman–Crippen LogP) is 2.23. The summed E-state index contributed by atoms with van der Waals surface area (Å²) in [5, 5.41) is 2.92. The van der Waals surface area contributed by atoms with E-state index >= 15 is 0 Å². The number of hydrogen-bond donors (Lipinski definition) is 2. The fourth-order valence-corrected chi connectivity index (χ4v) is 1.98. The van der Waals surface area contributed by atoms with E-state index in [2.05, 4.69) is 15.3 Å². The van der Waals surface area contributed by atoms with Gasteiger partial charge in [0.15, 0.2) is 0 Å². The first-order chi connectivity index (χ1) is 9.69. The van der Waals surface area contributed by atoms with Crippen molar-refractivity contribution in [3.8, 4) is 5.75 Å². The monoisotopic (exact) mass is 273 g/mol. The molecular weight excluding hydrogens is 254 g/mol. The molecule has 0 saturated heterocycles. The summed E-state index contributed by atoms with van der Waals surface area (Å²) in [7, 11) is 1.64. The molecule has 1 amide bonds. The van der Waals surface area contributed by atoms with Gasteiger partial charge in [0.1, 0.15) is 11.6 Å². The smallest absolute Gasteiger partial charge is 0.220 e. The average Bonchev–Trinajstić information content (AvgIpc) is 2.99. The van der Waals surface area contributed by atoms with Crippen molar-refractivity contribution >= 4 is 5.91 Å². The number of ether oxygens (including phenoxy) is 1. The highest BCUT2D eigenvalue weighted by Gasteiger charge is 2.11. The first kappa shape index (κ1) is 14.1. The summed E-state index contributed by atoms with van der Waals surface area (Å²) >= 11 is 0. The molecule has 1 unspecified atom stereocenters. The van der Waals surface area contributed by atoms with Crippen molar-refractivity contribution in [2.75, 3.05) is 7.11 Å². The summed E-state index contributed by atoms with van der Waals surface area (Å²) in [5.41, 5.74) is 1.09. The van der Waals surface area contributed by atoms with Gasteiger partial charge in [0.25, 0.3) is 0 Å². The van der Waals surface area contributed by atoms with Gasteiger partial charge >= 0.3 is 0 Å². The number of nitrogens with one attached hydrogen (secondary N) is 2. The van der Waals surface area contributed by atoms with Crippen molar-refractivity contribution in [3.05, 3.63) is 48.0 Å². The Labute approximate surface area is 118 Å². The summed E-state index contributed by atoms with van der Waals surface area (Å²) < 4.78 is 5.16. The van der Waals surface area contributed by atoms with Crippen molar-refractivity contribution < 1.29 is 9.53 Å². The number of imidazole rings is 1. The average molecular weight is 273 g/mol. The Morgan fingerprint density at radius 3 is 3.05 bits per heavy atom. The third kappa shape index (κ3) is 3.85. The van der Waals surface area contributed by atoms with E-state index in [0.717, 1.165) is 17.1 Å². The number of carbonyl (C=O) groups excluding carboxylic acids is 1. The van der Waals surface area contributed by atoms with E-state index in [1.807, 2.05) is 31.2 Å². The van der Waals surface area contributed by atoms with E-state index in [1.54, 1.807) is 19.5 Å². The lowest BCUT2D eigenvalue weighted by molar-refractivity contribution is -0.121. The molecule has 5 nitrogen and oxygen atoms in total. The van der Waals surface area contributed by atoms with E-state index in [9.17, 15) is 4.79 Å². The van der Waals surface area contributed by atoms with Gasteiger partial charge in [-0.15, -0.1) is 0 Å². The molecule has 20 heavy (non-hydrogen) atoms. The maximum absolute atomic E-state index is 11.9. The zero-order valence-corrected chi connectivity index (χ0v) is 11.7. The Morgan fingerprint density at radius 1 is 1.50 bits per heavy atom. The number of benzene rings is 1. The van der Waals surface area contributed by atoms with Gasteiger partial charge in [0.2, 0.25) is 5.91 Å². The number of rotatable bonds is 6. The van der Waals surface area contributed by atoms with Crippen molar-refractivity contribution in [1.82, 2.24) is 15.3 Å². The maximum atomic E-state index is 11.9. The molecule has 1 aromatic carbocycles. The van der Waals surface area contributed by atoms with Crippen LogP contribution < -0.4 is 10.1 Å². The Balaban J connectivity index is 1.83. The molecule has 0 aliphatic heterocycles. The fraction of sp³-hybridized carbons (Fsp3) is 0.333. The second-order valence-electron chi connectivity index (χ2n) is 4.62. The van der Waals surface area contributed by atoms with Crippen LogP contribution in [0.4, 0.5) is 0 Å². The van der Waals surface area contributed by atoms with Gasteiger partial charge in [-0.25, -0.2) is 4.98 Å². The minimum atomic E-state index is -0.109. The highest BCUT2D eigenvalue weighted by atomic mass is 16.5. The van der Waals surface area contributed by atoms with E-state index in [-0.39, 0.29) is 11.9 Å².